The van der Waals surface area contributed by atoms with E-state index in [1.54, 1.807) is 0 Å². The van der Waals surface area contributed by atoms with Crippen molar-refractivity contribution in [2.24, 2.45) is 7.05 Å². The molecule has 2 heterocycles. The molecular weight excluding hydrogens is 224 g/mol. The van der Waals surface area contributed by atoms with Gasteiger partial charge >= 0.3 is 0 Å². The number of piperidine rings is 1. The van der Waals surface area contributed by atoms with Crippen LogP contribution >= 0.6 is 0 Å². The van der Waals surface area contributed by atoms with Crippen molar-refractivity contribution in [3.8, 4) is 0 Å². The van der Waals surface area contributed by atoms with E-state index in [4.69, 9.17) is 0 Å². The van der Waals surface area contributed by atoms with Crippen LogP contribution < -0.4 is 5.32 Å². The summed E-state index contributed by atoms with van der Waals surface area (Å²) in [7, 11) is 2.06. The number of fused-ring (bicyclic) bond motifs is 1. The summed E-state index contributed by atoms with van der Waals surface area (Å²) in [6, 6.07) is 8.86. The van der Waals surface area contributed by atoms with E-state index in [9.17, 15) is 4.79 Å². The van der Waals surface area contributed by atoms with Crippen molar-refractivity contribution >= 4 is 16.7 Å². The van der Waals surface area contributed by atoms with Crippen LogP contribution in [0.3, 0.4) is 0 Å². The second-order valence-electron chi connectivity index (χ2n) is 5.28. The van der Waals surface area contributed by atoms with Crippen LogP contribution in [0.5, 0.6) is 0 Å². The standard InChI is InChI=1S/C15H18N2O/c1-10-8-12(18)9-14(16-10)13-5-3-4-11-6-7-17(2)15(11)13/h3-7,10,14,16H,8-9H2,1-2H3. The third kappa shape index (κ3) is 1.85. The van der Waals surface area contributed by atoms with Gasteiger partial charge in [-0.15, -0.1) is 0 Å². The molecule has 1 saturated heterocycles. The monoisotopic (exact) mass is 242 g/mol. The van der Waals surface area contributed by atoms with E-state index in [0.29, 0.717) is 18.6 Å². The Labute approximate surface area is 107 Å². The number of nitrogens with zero attached hydrogens (tertiary/aromatic N) is 1. The molecule has 1 aliphatic rings. The molecule has 1 aromatic carbocycles. The first-order chi connectivity index (χ1) is 8.65. The fourth-order valence-corrected chi connectivity index (χ4v) is 2.98. The quantitative estimate of drug-likeness (QED) is 0.834. The number of hydrogen-bond donors (Lipinski definition) is 1. The number of rotatable bonds is 1. The number of benzene rings is 1. The molecule has 1 aromatic heterocycles. The Morgan fingerprint density at radius 2 is 2.11 bits per heavy atom. The van der Waals surface area contributed by atoms with Crippen molar-refractivity contribution in [1.82, 2.24) is 9.88 Å². The Hall–Kier alpha value is -1.61. The highest BCUT2D eigenvalue weighted by molar-refractivity contribution is 5.86. The number of para-hydroxylation sites is 1. The number of nitrogens with one attached hydrogen (secondary N) is 1. The van der Waals surface area contributed by atoms with Gasteiger partial charge in [-0.1, -0.05) is 18.2 Å². The third-order valence-electron chi connectivity index (χ3n) is 3.76. The lowest BCUT2D eigenvalue weighted by Crippen LogP contribution is -2.39. The molecule has 1 aliphatic heterocycles. The minimum absolute atomic E-state index is 0.151. The summed E-state index contributed by atoms with van der Waals surface area (Å²) < 4.78 is 2.14. The maximum absolute atomic E-state index is 11.8. The molecule has 1 N–H and O–H groups in total. The van der Waals surface area contributed by atoms with Crippen molar-refractivity contribution in [3.05, 3.63) is 36.0 Å². The lowest BCUT2D eigenvalue weighted by atomic mass is 9.92. The summed E-state index contributed by atoms with van der Waals surface area (Å²) in [5, 5.41) is 4.78. The van der Waals surface area contributed by atoms with Gasteiger partial charge in [0.05, 0.1) is 5.52 Å². The van der Waals surface area contributed by atoms with Gasteiger partial charge in [0.25, 0.3) is 0 Å². The van der Waals surface area contributed by atoms with Crippen LogP contribution in [0.4, 0.5) is 0 Å². The van der Waals surface area contributed by atoms with Crippen LogP contribution in [0.1, 0.15) is 31.4 Å². The zero-order valence-corrected chi connectivity index (χ0v) is 10.8. The van der Waals surface area contributed by atoms with Gasteiger partial charge < -0.3 is 9.88 Å². The number of carbonyl (C=O) groups excluding carboxylic acids is 1. The Bertz CT molecular complexity index is 600. The summed E-state index contributed by atoms with van der Waals surface area (Å²) in [5.74, 6) is 0.359. The highest BCUT2D eigenvalue weighted by Crippen LogP contribution is 2.29. The normalized spacial score (nSPS) is 24.7. The maximum Gasteiger partial charge on any atom is 0.136 e. The predicted molar refractivity (Wildman–Crippen MR) is 72.5 cm³/mol. The maximum atomic E-state index is 11.8. The van der Waals surface area contributed by atoms with Crippen LogP contribution in [-0.2, 0) is 11.8 Å². The fourth-order valence-electron chi connectivity index (χ4n) is 2.98. The van der Waals surface area contributed by atoms with Crippen molar-refractivity contribution < 1.29 is 4.79 Å². The summed E-state index contributed by atoms with van der Waals surface area (Å²) in [4.78, 5) is 11.8. The summed E-state index contributed by atoms with van der Waals surface area (Å²) in [6.45, 7) is 2.08. The molecule has 1 fully saturated rings. The van der Waals surface area contributed by atoms with Gasteiger partial charge in [-0.25, -0.2) is 0 Å². The number of ketones is 1. The molecule has 2 unspecified atom stereocenters. The van der Waals surface area contributed by atoms with Gasteiger partial charge in [0.15, 0.2) is 0 Å². The Balaban J connectivity index is 2.08. The Kier molecular flexibility index (Phi) is 2.71. The molecule has 0 radical (unpaired) electrons. The minimum Gasteiger partial charge on any atom is -0.350 e. The summed E-state index contributed by atoms with van der Waals surface area (Å²) >= 11 is 0. The van der Waals surface area contributed by atoms with Crippen LogP contribution in [0, 0.1) is 0 Å². The van der Waals surface area contributed by atoms with E-state index in [2.05, 4.69) is 54.3 Å². The minimum atomic E-state index is 0.151. The van der Waals surface area contributed by atoms with Gasteiger partial charge in [0, 0.05) is 38.2 Å². The highest BCUT2D eigenvalue weighted by atomic mass is 16.1. The lowest BCUT2D eigenvalue weighted by Gasteiger charge is -2.29. The van der Waals surface area contributed by atoms with Crippen LogP contribution in [0.25, 0.3) is 10.9 Å². The molecule has 3 nitrogen and oxygen atoms in total. The van der Waals surface area contributed by atoms with E-state index in [1.165, 1.54) is 16.5 Å². The number of aromatic nitrogens is 1. The fraction of sp³-hybridized carbons (Fsp3) is 0.400. The average molecular weight is 242 g/mol. The molecule has 0 bridgehead atoms. The summed E-state index contributed by atoms with van der Waals surface area (Å²) in [5.41, 5.74) is 2.47. The molecule has 3 rings (SSSR count). The second-order valence-corrected chi connectivity index (χ2v) is 5.28. The smallest absolute Gasteiger partial charge is 0.136 e. The Morgan fingerprint density at radius 3 is 2.89 bits per heavy atom. The molecule has 0 aliphatic carbocycles. The molecule has 18 heavy (non-hydrogen) atoms. The van der Waals surface area contributed by atoms with E-state index >= 15 is 0 Å². The first-order valence-electron chi connectivity index (χ1n) is 6.47. The molecule has 2 aromatic rings. The van der Waals surface area contributed by atoms with Crippen molar-refractivity contribution in [1.29, 1.82) is 0 Å². The molecule has 0 saturated carbocycles. The van der Waals surface area contributed by atoms with Crippen molar-refractivity contribution in [2.45, 2.75) is 31.8 Å². The molecule has 0 amide bonds. The topological polar surface area (TPSA) is 34.0 Å². The molecule has 0 spiro atoms. The van der Waals surface area contributed by atoms with Gasteiger partial charge in [0.2, 0.25) is 0 Å². The molecule has 94 valence electrons. The van der Waals surface area contributed by atoms with E-state index in [1.807, 2.05) is 0 Å². The van der Waals surface area contributed by atoms with Gasteiger partial charge in [-0.2, -0.15) is 0 Å². The third-order valence-corrected chi connectivity index (χ3v) is 3.76. The van der Waals surface area contributed by atoms with E-state index in [-0.39, 0.29) is 12.1 Å². The van der Waals surface area contributed by atoms with Gasteiger partial charge in [-0.05, 0) is 23.9 Å². The van der Waals surface area contributed by atoms with Crippen LogP contribution in [0.15, 0.2) is 30.5 Å². The SMILES string of the molecule is CC1CC(=O)CC(c2cccc3ccn(C)c23)N1. The highest BCUT2D eigenvalue weighted by Gasteiger charge is 2.26. The van der Waals surface area contributed by atoms with Crippen molar-refractivity contribution in [2.75, 3.05) is 0 Å². The number of Topliss-reactive ketones (excluding diaryl/α,β-unsaturated/α-hetero) is 1. The van der Waals surface area contributed by atoms with E-state index in [0.717, 1.165) is 0 Å². The Morgan fingerprint density at radius 1 is 1.28 bits per heavy atom. The summed E-state index contributed by atoms with van der Waals surface area (Å²) in [6.07, 6.45) is 3.33. The number of carbonyl (C=O) groups is 1. The number of aryl methyl sites for hydroxylation is 1. The van der Waals surface area contributed by atoms with Crippen LogP contribution in [-0.4, -0.2) is 16.4 Å². The predicted octanol–water partition coefficient (Wildman–Crippen LogP) is 2.56. The molecule has 2 atom stereocenters. The first kappa shape index (κ1) is 11.5. The zero-order valence-electron chi connectivity index (χ0n) is 10.8. The van der Waals surface area contributed by atoms with E-state index < -0.39 is 0 Å². The second kappa shape index (κ2) is 4.25. The zero-order chi connectivity index (χ0) is 12.7. The average Bonchev–Trinajstić information content (AvgIpc) is 2.70. The van der Waals surface area contributed by atoms with Gasteiger partial charge in [-0.3, -0.25) is 4.79 Å². The number of hydrogen-bond acceptors (Lipinski definition) is 2. The van der Waals surface area contributed by atoms with Crippen molar-refractivity contribution in [3.63, 3.8) is 0 Å². The molecular formula is C15H18N2O. The van der Waals surface area contributed by atoms with Crippen LogP contribution in [0.2, 0.25) is 0 Å². The molecule has 3 heteroatoms. The largest absolute Gasteiger partial charge is 0.350 e. The van der Waals surface area contributed by atoms with Gasteiger partial charge in [0.1, 0.15) is 5.78 Å². The lowest BCUT2D eigenvalue weighted by molar-refractivity contribution is -0.121. The first-order valence-corrected chi connectivity index (χ1v) is 6.47.